The number of unbranched alkanes of at least 4 members (excludes halogenated alkanes) is 2. The van der Waals surface area contributed by atoms with Crippen LogP contribution in [0.5, 0.6) is 17.2 Å². The largest absolute Gasteiger partial charge is 0.496 e. The maximum absolute atomic E-state index is 13.8. The van der Waals surface area contributed by atoms with Gasteiger partial charge in [0, 0.05) is 23.7 Å². The molecule has 0 fully saturated rings. The van der Waals surface area contributed by atoms with E-state index in [1.54, 1.807) is 51.7 Å². The van der Waals surface area contributed by atoms with Crippen LogP contribution in [0.2, 0.25) is 0 Å². The molecule has 0 bridgehead atoms. The van der Waals surface area contributed by atoms with Crippen molar-refractivity contribution in [2.75, 3.05) is 26.6 Å². The summed E-state index contributed by atoms with van der Waals surface area (Å²) >= 11 is 0. The van der Waals surface area contributed by atoms with E-state index in [1.807, 2.05) is 24.3 Å². The standard InChI is InChI=1S/C36H44N2O6/c1-8-9-10-13-24(27-20-31(43-6)32(44-7)21-30(27)42-5)19-33(39)37-29-18-23(16-17-28(29)36(2,3)4)22-38-34(40)25-14-11-12-15-26(25)35(38)41/h11-12,14-18,20-21,24H,8-10,13,19,22H2,1-7H3,(H,37,39). The number of hydrogen-bond acceptors (Lipinski definition) is 6. The molecule has 1 N–H and O–H groups in total. The minimum atomic E-state index is -0.310. The van der Waals surface area contributed by atoms with Gasteiger partial charge in [-0.3, -0.25) is 19.3 Å². The molecule has 1 atom stereocenters. The second kappa shape index (κ2) is 14.0. The average molecular weight is 601 g/mol. The second-order valence-corrected chi connectivity index (χ2v) is 12.3. The van der Waals surface area contributed by atoms with Gasteiger partial charge >= 0.3 is 0 Å². The molecule has 1 aliphatic rings. The van der Waals surface area contributed by atoms with Crippen molar-refractivity contribution < 1.29 is 28.6 Å². The van der Waals surface area contributed by atoms with Crippen molar-refractivity contribution in [1.29, 1.82) is 0 Å². The number of fused-ring (bicyclic) bond motifs is 1. The molecule has 0 radical (unpaired) electrons. The van der Waals surface area contributed by atoms with Gasteiger partial charge in [-0.1, -0.05) is 71.2 Å². The first-order valence-electron chi connectivity index (χ1n) is 15.2. The molecule has 0 saturated carbocycles. The smallest absolute Gasteiger partial charge is 0.261 e. The van der Waals surface area contributed by atoms with Gasteiger partial charge in [-0.2, -0.15) is 0 Å². The Morgan fingerprint density at radius 3 is 2.02 bits per heavy atom. The Labute approximate surface area is 260 Å². The lowest BCUT2D eigenvalue weighted by Gasteiger charge is -2.26. The Bertz CT molecular complexity index is 1490. The topological polar surface area (TPSA) is 94.2 Å². The van der Waals surface area contributed by atoms with Crippen LogP contribution in [0.1, 0.15) is 103 Å². The average Bonchev–Trinajstić information content (AvgIpc) is 3.24. The Balaban J connectivity index is 1.62. The number of methoxy groups -OCH3 is 3. The first kappa shape index (κ1) is 32.6. The van der Waals surface area contributed by atoms with E-state index in [2.05, 4.69) is 33.0 Å². The molecule has 234 valence electrons. The van der Waals surface area contributed by atoms with Crippen molar-refractivity contribution in [1.82, 2.24) is 4.90 Å². The molecule has 1 unspecified atom stereocenters. The fourth-order valence-electron chi connectivity index (χ4n) is 5.82. The number of nitrogens with one attached hydrogen (secondary N) is 1. The maximum atomic E-state index is 13.8. The Kier molecular flexibility index (Phi) is 10.3. The third kappa shape index (κ3) is 7.07. The van der Waals surface area contributed by atoms with Crippen molar-refractivity contribution in [2.45, 2.75) is 77.7 Å². The molecule has 0 aliphatic carbocycles. The lowest BCUT2D eigenvalue weighted by atomic mass is 9.84. The lowest BCUT2D eigenvalue weighted by Crippen LogP contribution is -2.29. The van der Waals surface area contributed by atoms with E-state index in [0.29, 0.717) is 34.1 Å². The summed E-state index contributed by atoms with van der Waals surface area (Å²) in [5, 5.41) is 3.18. The SMILES string of the molecule is CCCCCC(CC(=O)Nc1cc(CN2C(=O)c3ccccc3C2=O)ccc1C(C)(C)C)c1cc(OC)c(OC)cc1OC. The second-order valence-electron chi connectivity index (χ2n) is 12.3. The van der Waals surface area contributed by atoms with E-state index in [-0.39, 0.29) is 42.0 Å². The van der Waals surface area contributed by atoms with Crippen LogP contribution in [0.15, 0.2) is 54.6 Å². The van der Waals surface area contributed by atoms with Crippen LogP contribution in [-0.2, 0) is 16.8 Å². The Hall–Kier alpha value is -4.33. The van der Waals surface area contributed by atoms with E-state index in [0.717, 1.165) is 42.4 Å². The fourth-order valence-corrected chi connectivity index (χ4v) is 5.82. The van der Waals surface area contributed by atoms with Crippen LogP contribution < -0.4 is 19.5 Å². The number of amides is 3. The van der Waals surface area contributed by atoms with Gasteiger partial charge in [-0.15, -0.1) is 0 Å². The van der Waals surface area contributed by atoms with E-state index in [4.69, 9.17) is 14.2 Å². The summed E-state index contributed by atoms with van der Waals surface area (Å²) < 4.78 is 16.8. The number of carbonyl (C=O) groups excluding carboxylic acids is 3. The molecule has 44 heavy (non-hydrogen) atoms. The zero-order valence-electron chi connectivity index (χ0n) is 26.9. The van der Waals surface area contributed by atoms with Gasteiger partial charge in [0.2, 0.25) is 5.91 Å². The zero-order chi connectivity index (χ0) is 32.0. The number of nitrogens with zero attached hydrogens (tertiary/aromatic N) is 1. The quantitative estimate of drug-likeness (QED) is 0.161. The van der Waals surface area contributed by atoms with Crippen LogP contribution in [0.25, 0.3) is 0 Å². The summed E-state index contributed by atoms with van der Waals surface area (Å²) in [7, 11) is 4.79. The molecule has 8 heteroatoms. The first-order valence-corrected chi connectivity index (χ1v) is 15.2. The van der Waals surface area contributed by atoms with Crippen LogP contribution in [0, 0.1) is 0 Å². The molecule has 1 aliphatic heterocycles. The van der Waals surface area contributed by atoms with E-state index in [1.165, 1.54) is 4.90 Å². The van der Waals surface area contributed by atoms with Crippen molar-refractivity contribution >= 4 is 23.4 Å². The molecular weight excluding hydrogens is 556 g/mol. The number of benzene rings is 3. The van der Waals surface area contributed by atoms with E-state index in [9.17, 15) is 14.4 Å². The molecule has 3 aromatic rings. The number of ether oxygens (including phenoxy) is 3. The third-order valence-electron chi connectivity index (χ3n) is 8.15. The van der Waals surface area contributed by atoms with Crippen LogP contribution in [-0.4, -0.2) is 44.0 Å². The minimum Gasteiger partial charge on any atom is -0.496 e. The molecule has 3 aromatic carbocycles. The number of hydrogen-bond donors (Lipinski definition) is 1. The Morgan fingerprint density at radius 1 is 0.841 bits per heavy atom. The highest BCUT2D eigenvalue weighted by molar-refractivity contribution is 6.21. The van der Waals surface area contributed by atoms with Crippen molar-refractivity contribution in [3.63, 3.8) is 0 Å². The monoisotopic (exact) mass is 600 g/mol. The van der Waals surface area contributed by atoms with Gasteiger partial charge in [0.1, 0.15) is 5.75 Å². The van der Waals surface area contributed by atoms with Crippen molar-refractivity contribution in [3.8, 4) is 17.2 Å². The van der Waals surface area contributed by atoms with Gasteiger partial charge in [0.25, 0.3) is 11.8 Å². The molecule has 0 saturated heterocycles. The molecule has 0 spiro atoms. The van der Waals surface area contributed by atoms with Crippen molar-refractivity contribution in [3.05, 3.63) is 82.4 Å². The normalized spacial score (nSPS) is 13.5. The van der Waals surface area contributed by atoms with E-state index >= 15 is 0 Å². The van der Waals surface area contributed by atoms with E-state index < -0.39 is 0 Å². The maximum Gasteiger partial charge on any atom is 0.261 e. The fraction of sp³-hybridized carbons (Fsp3) is 0.417. The van der Waals surface area contributed by atoms with Gasteiger partial charge < -0.3 is 19.5 Å². The van der Waals surface area contributed by atoms with Crippen LogP contribution in [0.3, 0.4) is 0 Å². The lowest BCUT2D eigenvalue weighted by molar-refractivity contribution is -0.116. The highest BCUT2D eigenvalue weighted by atomic mass is 16.5. The molecule has 1 heterocycles. The number of imide groups is 1. The van der Waals surface area contributed by atoms with Crippen LogP contribution in [0.4, 0.5) is 5.69 Å². The molecule has 3 amide bonds. The van der Waals surface area contributed by atoms with Gasteiger partial charge in [0.15, 0.2) is 11.5 Å². The number of carbonyl (C=O) groups is 3. The Morgan fingerprint density at radius 2 is 1.45 bits per heavy atom. The van der Waals surface area contributed by atoms with Crippen LogP contribution >= 0.6 is 0 Å². The highest BCUT2D eigenvalue weighted by Crippen LogP contribution is 2.41. The predicted octanol–water partition coefficient (Wildman–Crippen LogP) is 7.50. The summed E-state index contributed by atoms with van der Waals surface area (Å²) in [6.45, 7) is 8.53. The summed E-state index contributed by atoms with van der Waals surface area (Å²) in [6, 6.07) is 16.3. The first-order chi connectivity index (χ1) is 21.0. The van der Waals surface area contributed by atoms with Gasteiger partial charge in [-0.05, 0) is 53.1 Å². The predicted molar refractivity (Wildman–Crippen MR) is 172 cm³/mol. The van der Waals surface area contributed by atoms with Crippen molar-refractivity contribution in [2.24, 2.45) is 0 Å². The molecular formula is C36H44N2O6. The summed E-state index contributed by atoms with van der Waals surface area (Å²) in [6.07, 6.45) is 4.13. The highest BCUT2D eigenvalue weighted by Gasteiger charge is 2.35. The minimum absolute atomic E-state index is 0.113. The zero-order valence-corrected chi connectivity index (χ0v) is 26.9. The number of rotatable bonds is 13. The van der Waals surface area contributed by atoms with Gasteiger partial charge in [0.05, 0.1) is 39.0 Å². The summed E-state index contributed by atoms with van der Waals surface area (Å²) in [5.41, 5.74) is 3.85. The molecule has 4 rings (SSSR count). The molecule has 8 nitrogen and oxygen atoms in total. The number of anilines is 1. The summed E-state index contributed by atoms with van der Waals surface area (Å²) in [4.78, 5) is 41.0. The third-order valence-corrected chi connectivity index (χ3v) is 8.15. The summed E-state index contributed by atoms with van der Waals surface area (Å²) in [5.74, 6) is 0.928. The van der Waals surface area contributed by atoms with Gasteiger partial charge in [-0.25, -0.2) is 0 Å². The molecule has 0 aromatic heterocycles.